The molecule has 1 aliphatic carbocycles. The first-order valence-electron chi connectivity index (χ1n) is 11.7. The molecule has 6 heteroatoms. The Morgan fingerprint density at radius 1 is 1.03 bits per heavy atom. The quantitative estimate of drug-likeness (QED) is 0.622. The van der Waals surface area contributed by atoms with Crippen LogP contribution >= 0.6 is 0 Å². The Morgan fingerprint density at radius 3 is 2.27 bits per heavy atom. The summed E-state index contributed by atoms with van der Waals surface area (Å²) in [6, 6.07) is 15.3. The summed E-state index contributed by atoms with van der Waals surface area (Å²) in [5, 5.41) is 2.92. The van der Waals surface area contributed by atoms with Crippen molar-refractivity contribution in [1.29, 1.82) is 0 Å². The molecule has 0 atom stereocenters. The van der Waals surface area contributed by atoms with E-state index in [1.165, 1.54) is 0 Å². The Balaban J connectivity index is 1.70. The summed E-state index contributed by atoms with van der Waals surface area (Å²) in [4.78, 5) is 27.9. The van der Waals surface area contributed by atoms with Crippen LogP contribution in [0.3, 0.4) is 0 Å². The number of nitrogens with one attached hydrogen (secondary N) is 1. The summed E-state index contributed by atoms with van der Waals surface area (Å²) in [6.07, 6.45) is 4.33. The average Bonchev–Trinajstić information content (AvgIpc) is 2.78. The summed E-state index contributed by atoms with van der Waals surface area (Å²) in [7, 11) is 1.55. The zero-order valence-electron chi connectivity index (χ0n) is 20.3. The van der Waals surface area contributed by atoms with Gasteiger partial charge in [-0.2, -0.15) is 0 Å². The van der Waals surface area contributed by atoms with Crippen molar-refractivity contribution in [1.82, 2.24) is 4.90 Å². The third kappa shape index (κ3) is 7.06. The second-order valence-electron chi connectivity index (χ2n) is 10.2. The smallest absolute Gasteiger partial charge is 0.259 e. The second-order valence-corrected chi connectivity index (χ2v) is 10.2. The molecule has 0 unspecified atom stereocenters. The molecule has 0 spiro atoms. The van der Waals surface area contributed by atoms with E-state index in [1.807, 2.05) is 41.3 Å². The largest absolute Gasteiger partial charge is 0.496 e. The number of ether oxygens (including phenoxy) is 1. The fourth-order valence-corrected chi connectivity index (χ4v) is 4.31. The Kier molecular flexibility index (Phi) is 8.14. The maximum Gasteiger partial charge on any atom is 0.259 e. The van der Waals surface area contributed by atoms with Gasteiger partial charge in [0.05, 0.1) is 12.7 Å². The van der Waals surface area contributed by atoms with Crippen LogP contribution in [0.2, 0.25) is 0 Å². The minimum atomic E-state index is -0.222. The highest BCUT2D eigenvalue weighted by Gasteiger charge is 2.30. The number of nitrogens with two attached hydrogens (primary N) is 1. The number of rotatable bonds is 7. The maximum absolute atomic E-state index is 13.2. The van der Waals surface area contributed by atoms with Crippen LogP contribution in [0.25, 0.3) is 0 Å². The minimum absolute atomic E-state index is 0.0625. The molecule has 1 fully saturated rings. The van der Waals surface area contributed by atoms with Crippen molar-refractivity contribution in [3.8, 4) is 5.75 Å². The lowest BCUT2D eigenvalue weighted by atomic mass is 9.88. The van der Waals surface area contributed by atoms with Crippen LogP contribution in [0.1, 0.15) is 68.8 Å². The highest BCUT2D eigenvalue weighted by molar-refractivity contribution is 6.06. The van der Waals surface area contributed by atoms with Crippen molar-refractivity contribution in [2.45, 2.75) is 71.5 Å². The molecule has 1 saturated carbocycles. The molecule has 0 heterocycles. The molecular weight excluding hydrogens is 414 g/mol. The molecule has 0 bridgehead atoms. The van der Waals surface area contributed by atoms with Crippen molar-refractivity contribution < 1.29 is 14.3 Å². The van der Waals surface area contributed by atoms with Crippen molar-refractivity contribution in [2.75, 3.05) is 12.4 Å². The standard InChI is InChI=1S/C27H37N3O3/c1-27(2,3)17-25(31)30(22-15-11-20(28)12-16-22)18-19-9-13-21(14-10-19)29-26(32)23-7-5-6-8-24(23)33-4/h5-10,13-14,20,22H,11-12,15-18,28H2,1-4H3,(H,29,32). The number of carbonyl (C=O) groups is 2. The molecular formula is C27H37N3O3. The number of para-hydroxylation sites is 1. The average molecular weight is 452 g/mol. The zero-order chi connectivity index (χ0) is 24.0. The number of anilines is 1. The van der Waals surface area contributed by atoms with Crippen LogP contribution < -0.4 is 15.8 Å². The molecule has 2 aromatic carbocycles. The van der Waals surface area contributed by atoms with E-state index in [0.717, 1.165) is 31.2 Å². The highest BCUT2D eigenvalue weighted by Crippen LogP contribution is 2.28. The normalized spacial score (nSPS) is 18.5. The van der Waals surface area contributed by atoms with E-state index in [-0.39, 0.29) is 29.3 Å². The van der Waals surface area contributed by atoms with E-state index in [9.17, 15) is 9.59 Å². The molecule has 0 saturated heterocycles. The first-order valence-corrected chi connectivity index (χ1v) is 11.7. The Morgan fingerprint density at radius 2 is 1.67 bits per heavy atom. The molecule has 3 N–H and O–H groups in total. The minimum Gasteiger partial charge on any atom is -0.496 e. The van der Waals surface area contributed by atoms with Crippen LogP contribution in [-0.2, 0) is 11.3 Å². The number of amides is 2. The van der Waals surface area contributed by atoms with Gasteiger partial charge in [-0.25, -0.2) is 0 Å². The SMILES string of the molecule is COc1ccccc1C(=O)Nc1ccc(CN(C(=O)CC(C)(C)C)C2CCC(N)CC2)cc1. The summed E-state index contributed by atoms with van der Waals surface area (Å²) in [5.41, 5.74) is 8.26. The van der Waals surface area contributed by atoms with Gasteiger partial charge in [-0.1, -0.05) is 45.0 Å². The van der Waals surface area contributed by atoms with Crippen molar-refractivity contribution in [3.05, 3.63) is 59.7 Å². The number of carbonyl (C=O) groups excluding carboxylic acids is 2. The van der Waals surface area contributed by atoms with Crippen LogP contribution in [0.4, 0.5) is 5.69 Å². The number of nitrogens with zero attached hydrogens (tertiary/aromatic N) is 1. The van der Waals surface area contributed by atoms with E-state index in [2.05, 4.69) is 26.1 Å². The Labute approximate surface area is 197 Å². The molecule has 0 aliphatic heterocycles. The van der Waals surface area contributed by atoms with Crippen molar-refractivity contribution in [2.24, 2.45) is 11.1 Å². The van der Waals surface area contributed by atoms with Gasteiger partial charge < -0.3 is 20.7 Å². The second kappa shape index (κ2) is 10.8. The van der Waals surface area contributed by atoms with E-state index in [4.69, 9.17) is 10.5 Å². The lowest BCUT2D eigenvalue weighted by Crippen LogP contribution is -2.44. The molecule has 6 nitrogen and oxygen atoms in total. The number of benzene rings is 2. The molecule has 1 aliphatic rings. The highest BCUT2D eigenvalue weighted by atomic mass is 16.5. The van der Waals surface area contributed by atoms with Gasteiger partial charge in [-0.15, -0.1) is 0 Å². The van der Waals surface area contributed by atoms with Crippen molar-refractivity contribution >= 4 is 17.5 Å². The topological polar surface area (TPSA) is 84.7 Å². The summed E-state index contributed by atoms with van der Waals surface area (Å²) >= 11 is 0. The monoisotopic (exact) mass is 451 g/mol. The van der Waals surface area contributed by atoms with Crippen LogP contribution in [-0.4, -0.2) is 35.9 Å². The lowest BCUT2D eigenvalue weighted by Gasteiger charge is -2.37. The Bertz CT molecular complexity index is 942. The third-order valence-corrected chi connectivity index (χ3v) is 6.10. The molecule has 0 radical (unpaired) electrons. The van der Waals surface area contributed by atoms with Gasteiger partial charge >= 0.3 is 0 Å². The third-order valence-electron chi connectivity index (χ3n) is 6.10. The maximum atomic E-state index is 13.2. The van der Waals surface area contributed by atoms with Gasteiger partial charge in [0, 0.05) is 30.7 Å². The van der Waals surface area contributed by atoms with E-state index >= 15 is 0 Å². The van der Waals surface area contributed by atoms with E-state index in [1.54, 1.807) is 19.2 Å². The molecule has 0 aromatic heterocycles. The molecule has 3 rings (SSSR count). The predicted octanol–water partition coefficient (Wildman–Crippen LogP) is 4.98. The van der Waals surface area contributed by atoms with Gasteiger partial charge in [-0.05, 0) is 60.9 Å². The first-order chi connectivity index (χ1) is 15.7. The number of methoxy groups -OCH3 is 1. The van der Waals surface area contributed by atoms with Gasteiger partial charge in [0.2, 0.25) is 5.91 Å². The van der Waals surface area contributed by atoms with Crippen LogP contribution in [0, 0.1) is 5.41 Å². The summed E-state index contributed by atoms with van der Waals surface area (Å²) in [6.45, 7) is 6.85. The summed E-state index contributed by atoms with van der Waals surface area (Å²) < 4.78 is 5.28. The predicted molar refractivity (Wildman–Crippen MR) is 132 cm³/mol. The fraction of sp³-hybridized carbons (Fsp3) is 0.481. The van der Waals surface area contributed by atoms with Gasteiger partial charge in [-0.3, -0.25) is 9.59 Å². The molecule has 2 aromatic rings. The number of hydrogen-bond acceptors (Lipinski definition) is 4. The molecule has 2 amide bonds. The van der Waals surface area contributed by atoms with Gasteiger partial charge in [0.25, 0.3) is 5.91 Å². The Hall–Kier alpha value is -2.86. The van der Waals surface area contributed by atoms with Gasteiger partial charge in [0.15, 0.2) is 0 Å². The zero-order valence-corrected chi connectivity index (χ0v) is 20.3. The van der Waals surface area contributed by atoms with Crippen LogP contribution in [0.15, 0.2) is 48.5 Å². The van der Waals surface area contributed by atoms with E-state index < -0.39 is 0 Å². The number of hydrogen-bond donors (Lipinski definition) is 2. The van der Waals surface area contributed by atoms with Crippen molar-refractivity contribution in [3.63, 3.8) is 0 Å². The van der Waals surface area contributed by atoms with Crippen LogP contribution in [0.5, 0.6) is 5.75 Å². The summed E-state index contributed by atoms with van der Waals surface area (Å²) in [5.74, 6) is 0.504. The lowest BCUT2D eigenvalue weighted by molar-refractivity contribution is -0.137. The van der Waals surface area contributed by atoms with E-state index in [0.29, 0.717) is 30.0 Å². The van der Waals surface area contributed by atoms with Gasteiger partial charge in [0.1, 0.15) is 5.75 Å². The fourth-order valence-electron chi connectivity index (χ4n) is 4.31. The molecule has 33 heavy (non-hydrogen) atoms. The molecule has 178 valence electrons. The first kappa shape index (κ1) is 24.8.